The molecule has 0 radical (unpaired) electrons. The number of halogens is 2. The number of sulfonamides is 1. The van der Waals surface area contributed by atoms with Crippen LogP contribution in [0.2, 0.25) is 10.0 Å². The molecule has 0 aliphatic carbocycles. The largest absolute Gasteiger partial charge is 0.313 e. The van der Waals surface area contributed by atoms with Crippen molar-refractivity contribution in [1.82, 2.24) is 9.62 Å². The molecule has 0 heterocycles. The molecule has 0 bridgehead atoms. The van der Waals surface area contributed by atoms with Crippen molar-refractivity contribution in [2.24, 2.45) is 0 Å². The first-order valence-electron chi connectivity index (χ1n) is 5.99. The van der Waals surface area contributed by atoms with Crippen LogP contribution >= 0.6 is 23.2 Å². The maximum atomic E-state index is 12.3. The Labute approximate surface area is 124 Å². The van der Waals surface area contributed by atoms with Gasteiger partial charge < -0.3 is 5.32 Å². The van der Waals surface area contributed by atoms with E-state index in [0.717, 1.165) is 6.54 Å². The van der Waals surface area contributed by atoms with Crippen LogP contribution in [0.5, 0.6) is 0 Å². The molecule has 108 valence electrons. The molecule has 1 aromatic rings. The molecule has 1 N–H and O–H groups in total. The van der Waals surface area contributed by atoms with Gasteiger partial charge in [-0.25, -0.2) is 12.7 Å². The predicted molar refractivity (Wildman–Crippen MR) is 79.3 cm³/mol. The minimum Gasteiger partial charge on any atom is -0.313 e. The third kappa shape index (κ3) is 3.83. The lowest BCUT2D eigenvalue weighted by molar-refractivity contribution is 0.486. The van der Waals surface area contributed by atoms with Crippen LogP contribution in [0.1, 0.15) is 19.4 Å². The van der Waals surface area contributed by atoms with Gasteiger partial charge in [-0.2, -0.15) is 0 Å². The number of nitrogens with one attached hydrogen (secondary N) is 1. The quantitative estimate of drug-likeness (QED) is 0.875. The normalized spacial score (nSPS) is 12.1. The van der Waals surface area contributed by atoms with E-state index in [0.29, 0.717) is 23.7 Å². The first-order chi connectivity index (χ1) is 8.84. The van der Waals surface area contributed by atoms with Gasteiger partial charge in [0.05, 0.1) is 5.02 Å². The summed E-state index contributed by atoms with van der Waals surface area (Å²) in [5.74, 6) is 0. The zero-order valence-corrected chi connectivity index (χ0v) is 13.5. The van der Waals surface area contributed by atoms with Crippen LogP contribution in [0, 0.1) is 0 Å². The Hall–Kier alpha value is -0.330. The van der Waals surface area contributed by atoms with E-state index < -0.39 is 10.0 Å². The molecule has 1 rings (SSSR count). The van der Waals surface area contributed by atoms with Gasteiger partial charge in [-0.15, -0.1) is 0 Å². The first kappa shape index (κ1) is 16.7. The van der Waals surface area contributed by atoms with E-state index in [2.05, 4.69) is 5.32 Å². The first-order valence-corrected chi connectivity index (χ1v) is 8.19. The smallest absolute Gasteiger partial charge is 0.244 e. The summed E-state index contributed by atoms with van der Waals surface area (Å²) in [6.07, 6.45) is 0. The molecule has 0 saturated carbocycles. The molecule has 0 fully saturated rings. The summed E-state index contributed by atoms with van der Waals surface area (Å²) in [5, 5.41) is 3.69. The van der Waals surface area contributed by atoms with Gasteiger partial charge in [0.25, 0.3) is 0 Å². The Morgan fingerprint density at radius 2 is 1.89 bits per heavy atom. The third-order valence-electron chi connectivity index (χ3n) is 2.78. The molecule has 0 spiro atoms. The molecular weight excluding hydrogens is 307 g/mol. The van der Waals surface area contributed by atoms with Gasteiger partial charge in [0, 0.05) is 25.2 Å². The molecule has 0 aliphatic heterocycles. The van der Waals surface area contributed by atoms with E-state index >= 15 is 0 Å². The van der Waals surface area contributed by atoms with E-state index in [1.54, 1.807) is 13.0 Å². The molecule has 0 aromatic heterocycles. The van der Waals surface area contributed by atoms with Crippen LogP contribution in [0.25, 0.3) is 0 Å². The lowest BCUT2D eigenvalue weighted by atomic mass is 10.2. The van der Waals surface area contributed by atoms with Crippen LogP contribution in [-0.2, 0) is 16.6 Å². The second kappa shape index (κ2) is 6.90. The average Bonchev–Trinajstić information content (AvgIpc) is 2.37. The van der Waals surface area contributed by atoms with Crippen molar-refractivity contribution in [2.75, 3.05) is 20.1 Å². The van der Waals surface area contributed by atoms with E-state index in [-0.39, 0.29) is 9.92 Å². The third-order valence-corrected chi connectivity index (χ3v) is 5.51. The van der Waals surface area contributed by atoms with Crippen molar-refractivity contribution < 1.29 is 8.42 Å². The summed E-state index contributed by atoms with van der Waals surface area (Å²) < 4.78 is 25.9. The molecule has 0 atom stereocenters. The maximum Gasteiger partial charge on any atom is 0.244 e. The van der Waals surface area contributed by atoms with Crippen molar-refractivity contribution >= 4 is 33.2 Å². The highest BCUT2D eigenvalue weighted by atomic mass is 35.5. The van der Waals surface area contributed by atoms with Gasteiger partial charge in [0.2, 0.25) is 10.0 Å². The second-order valence-corrected chi connectivity index (χ2v) is 6.90. The number of hydrogen-bond donors (Lipinski definition) is 1. The van der Waals surface area contributed by atoms with Crippen molar-refractivity contribution in [2.45, 2.75) is 25.3 Å². The Morgan fingerprint density at radius 3 is 2.42 bits per heavy atom. The van der Waals surface area contributed by atoms with E-state index in [1.165, 1.54) is 17.4 Å². The van der Waals surface area contributed by atoms with Crippen molar-refractivity contribution in [3.8, 4) is 0 Å². The molecule has 1 aromatic carbocycles. The van der Waals surface area contributed by atoms with Gasteiger partial charge >= 0.3 is 0 Å². The minimum atomic E-state index is -3.60. The molecule has 19 heavy (non-hydrogen) atoms. The lowest BCUT2D eigenvalue weighted by Gasteiger charge is -2.17. The lowest BCUT2D eigenvalue weighted by Crippen LogP contribution is -2.27. The van der Waals surface area contributed by atoms with Gasteiger partial charge in [0.15, 0.2) is 0 Å². The van der Waals surface area contributed by atoms with Crippen LogP contribution in [0.15, 0.2) is 17.0 Å². The standard InChI is InChI=1S/C12H18Cl2N2O2S/c1-4-15-8-9-6-10(13)7-11(12(9)14)19(17,18)16(3)5-2/h6-7,15H,4-5,8H2,1-3H3. The molecule has 0 amide bonds. The maximum absolute atomic E-state index is 12.3. The van der Waals surface area contributed by atoms with Gasteiger partial charge in [-0.3, -0.25) is 0 Å². The second-order valence-electron chi connectivity index (χ2n) is 4.08. The Morgan fingerprint density at radius 1 is 1.26 bits per heavy atom. The summed E-state index contributed by atoms with van der Waals surface area (Å²) in [4.78, 5) is 0.0546. The Bertz CT molecular complexity index is 547. The monoisotopic (exact) mass is 324 g/mol. The highest BCUT2D eigenvalue weighted by molar-refractivity contribution is 7.89. The Kier molecular flexibility index (Phi) is 6.08. The Balaban J connectivity index is 3.32. The van der Waals surface area contributed by atoms with Gasteiger partial charge in [-0.1, -0.05) is 37.0 Å². The number of rotatable bonds is 6. The highest BCUT2D eigenvalue weighted by Crippen LogP contribution is 2.31. The highest BCUT2D eigenvalue weighted by Gasteiger charge is 2.24. The van der Waals surface area contributed by atoms with Crippen molar-refractivity contribution in [3.05, 3.63) is 27.7 Å². The number of nitrogens with zero attached hydrogens (tertiary/aromatic N) is 1. The predicted octanol–water partition coefficient (Wildman–Crippen LogP) is 2.74. The van der Waals surface area contributed by atoms with Crippen LogP contribution < -0.4 is 5.32 Å². The summed E-state index contributed by atoms with van der Waals surface area (Å²) in [7, 11) is -2.09. The fraction of sp³-hybridized carbons (Fsp3) is 0.500. The zero-order chi connectivity index (χ0) is 14.6. The SMILES string of the molecule is CCNCc1cc(Cl)cc(S(=O)(=O)N(C)CC)c1Cl. The van der Waals surface area contributed by atoms with E-state index in [1.807, 2.05) is 6.92 Å². The molecule has 0 saturated heterocycles. The van der Waals surface area contributed by atoms with Crippen molar-refractivity contribution in [1.29, 1.82) is 0 Å². The molecular formula is C12H18Cl2N2O2S. The van der Waals surface area contributed by atoms with E-state index in [9.17, 15) is 8.42 Å². The van der Waals surface area contributed by atoms with Gasteiger partial charge in [-0.05, 0) is 24.2 Å². The fourth-order valence-electron chi connectivity index (χ4n) is 1.53. The molecule has 4 nitrogen and oxygen atoms in total. The topological polar surface area (TPSA) is 49.4 Å². The van der Waals surface area contributed by atoms with E-state index in [4.69, 9.17) is 23.2 Å². The zero-order valence-electron chi connectivity index (χ0n) is 11.2. The summed E-state index contributed by atoms with van der Waals surface area (Å²) in [6, 6.07) is 3.07. The van der Waals surface area contributed by atoms with Crippen LogP contribution in [0.3, 0.4) is 0 Å². The van der Waals surface area contributed by atoms with Crippen molar-refractivity contribution in [3.63, 3.8) is 0 Å². The molecule has 0 unspecified atom stereocenters. The van der Waals surface area contributed by atoms with Gasteiger partial charge in [0.1, 0.15) is 4.90 Å². The molecule has 7 heteroatoms. The van der Waals surface area contributed by atoms with Crippen LogP contribution in [-0.4, -0.2) is 32.9 Å². The summed E-state index contributed by atoms with van der Waals surface area (Å²) >= 11 is 12.2. The number of benzene rings is 1. The molecule has 0 aliphatic rings. The minimum absolute atomic E-state index is 0.0546. The summed E-state index contributed by atoms with van der Waals surface area (Å²) in [5.41, 5.74) is 0.680. The number of hydrogen-bond acceptors (Lipinski definition) is 3. The summed E-state index contributed by atoms with van der Waals surface area (Å²) in [6.45, 7) is 5.33. The average molecular weight is 325 g/mol. The fourth-order valence-corrected chi connectivity index (χ4v) is 3.62. The van der Waals surface area contributed by atoms with Crippen LogP contribution in [0.4, 0.5) is 0 Å².